The first kappa shape index (κ1) is 18.0. The van der Waals surface area contributed by atoms with Gasteiger partial charge in [0.2, 0.25) is 0 Å². The molecule has 0 bridgehead atoms. The third kappa shape index (κ3) is 35.3. The van der Waals surface area contributed by atoms with Crippen molar-refractivity contribution in [1.82, 2.24) is 6.15 Å². The molecule has 6 heteroatoms. The molecule has 0 spiro atoms. The van der Waals surface area contributed by atoms with Crippen molar-refractivity contribution < 1.29 is 19.7 Å². The standard InChI is InChI=1S/C7H12O2.H3N.HO2P/c1-6(8)4-3-5-7(2)9;;1-3-2/h8-9H,1-5H2;1H3;(H,1,2). The Bertz CT molecular complexity index is 147. The van der Waals surface area contributed by atoms with Gasteiger partial charge >= 0.3 is 8.69 Å². The zero-order valence-electron chi connectivity index (χ0n) is 7.44. The highest BCUT2D eigenvalue weighted by Gasteiger charge is 1.91. The minimum absolute atomic E-state index is 0. The lowest BCUT2D eigenvalue weighted by Crippen LogP contribution is -1.82. The van der Waals surface area contributed by atoms with Crippen molar-refractivity contribution in [3.8, 4) is 0 Å². The van der Waals surface area contributed by atoms with Gasteiger partial charge in [-0.05, 0) is 6.42 Å². The van der Waals surface area contributed by atoms with Gasteiger partial charge in [-0.2, -0.15) is 0 Å². The van der Waals surface area contributed by atoms with Gasteiger partial charge in [0.25, 0.3) is 0 Å². The third-order valence-corrected chi connectivity index (χ3v) is 0.931. The van der Waals surface area contributed by atoms with E-state index < -0.39 is 8.69 Å². The molecular formula is C7H16NO4P. The van der Waals surface area contributed by atoms with Crippen LogP contribution in [0.5, 0.6) is 0 Å². The summed E-state index contributed by atoms with van der Waals surface area (Å²) < 4.78 is 8.46. The second-order valence-electron chi connectivity index (χ2n) is 2.07. The molecule has 0 saturated carbocycles. The first-order valence-corrected chi connectivity index (χ1v) is 4.01. The molecule has 0 aromatic rings. The number of rotatable bonds is 4. The molecule has 0 heterocycles. The number of aliphatic hydroxyl groups excluding tert-OH is 2. The van der Waals surface area contributed by atoms with Crippen LogP contribution < -0.4 is 6.15 Å². The van der Waals surface area contributed by atoms with Crippen LogP contribution in [0.15, 0.2) is 24.7 Å². The zero-order chi connectivity index (χ0) is 9.98. The highest BCUT2D eigenvalue weighted by molar-refractivity contribution is 7.16. The van der Waals surface area contributed by atoms with Crippen LogP contribution in [0.2, 0.25) is 0 Å². The average molecular weight is 209 g/mol. The highest BCUT2D eigenvalue weighted by atomic mass is 31.1. The van der Waals surface area contributed by atoms with Crippen molar-refractivity contribution in [3.63, 3.8) is 0 Å². The molecule has 0 aromatic heterocycles. The van der Waals surface area contributed by atoms with E-state index in [0.29, 0.717) is 19.3 Å². The number of hydrogen-bond donors (Lipinski definition) is 4. The lowest BCUT2D eigenvalue weighted by atomic mass is 10.2. The monoisotopic (exact) mass is 209 g/mol. The fourth-order valence-electron chi connectivity index (χ4n) is 0.497. The van der Waals surface area contributed by atoms with Gasteiger partial charge in [0.05, 0.1) is 11.5 Å². The summed E-state index contributed by atoms with van der Waals surface area (Å²) in [6, 6.07) is 0. The molecule has 0 aromatic carbocycles. The molecule has 0 atom stereocenters. The van der Waals surface area contributed by atoms with E-state index in [1.54, 1.807) is 0 Å². The van der Waals surface area contributed by atoms with Crippen molar-refractivity contribution in [1.29, 1.82) is 0 Å². The van der Waals surface area contributed by atoms with Crippen LogP contribution in [0, 0.1) is 0 Å². The Morgan fingerprint density at radius 1 is 1.15 bits per heavy atom. The molecule has 0 amide bonds. The van der Waals surface area contributed by atoms with E-state index in [-0.39, 0.29) is 17.7 Å². The van der Waals surface area contributed by atoms with E-state index in [1.807, 2.05) is 0 Å². The number of hydrogen-bond acceptors (Lipinski definition) is 4. The highest BCUT2D eigenvalue weighted by Crippen LogP contribution is 2.04. The molecule has 0 unspecified atom stereocenters. The lowest BCUT2D eigenvalue weighted by Gasteiger charge is -1.96. The van der Waals surface area contributed by atoms with Gasteiger partial charge in [0.15, 0.2) is 0 Å². The van der Waals surface area contributed by atoms with Gasteiger partial charge in [0, 0.05) is 12.8 Å². The van der Waals surface area contributed by atoms with Crippen LogP contribution in [-0.2, 0) is 4.57 Å². The van der Waals surface area contributed by atoms with Gasteiger partial charge < -0.3 is 21.3 Å². The van der Waals surface area contributed by atoms with Gasteiger partial charge in [-0.25, -0.2) is 4.57 Å². The van der Waals surface area contributed by atoms with Gasteiger partial charge in [-0.3, -0.25) is 0 Å². The first-order valence-electron chi connectivity index (χ1n) is 3.24. The summed E-state index contributed by atoms with van der Waals surface area (Å²) in [7, 11) is -0.833. The smallest absolute Gasteiger partial charge is 0.324 e. The summed E-state index contributed by atoms with van der Waals surface area (Å²) in [5, 5.41) is 17.1. The molecule has 5 nitrogen and oxygen atoms in total. The lowest BCUT2D eigenvalue weighted by molar-refractivity contribution is 0.363. The normalized spacial score (nSPS) is 7.77. The molecule has 0 radical (unpaired) electrons. The topological polar surface area (TPSA) is 113 Å². The van der Waals surface area contributed by atoms with Crippen molar-refractivity contribution in [2.45, 2.75) is 19.3 Å². The fraction of sp³-hybridized carbons (Fsp3) is 0.429. The van der Waals surface area contributed by atoms with Crippen LogP contribution in [0.25, 0.3) is 0 Å². The van der Waals surface area contributed by atoms with E-state index in [1.165, 1.54) is 0 Å². The molecule has 0 aliphatic carbocycles. The Labute approximate surface area is 79.3 Å². The minimum Gasteiger partial charge on any atom is -0.513 e. The summed E-state index contributed by atoms with van der Waals surface area (Å²) in [5.74, 6) is 0.326. The Kier molecular flexibility index (Phi) is 18.9. The predicted octanol–water partition coefficient (Wildman–Crippen LogP) is 2.65. The Balaban J connectivity index is -0.000000220. The second kappa shape index (κ2) is 13.7. The average Bonchev–Trinajstić information content (AvgIpc) is 1.87. The van der Waals surface area contributed by atoms with Crippen LogP contribution in [0.4, 0.5) is 0 Å². The minimum atomic E-state index is -0.833. The van der Waals surface area contributed by atoms with Gasteiger partial charge in [-0.1, -0.05) is 13.2 Å². The first-order chi connectivity index (χ1) is 5.54. The van der Waals surface area contributed by atoms with Crippen LogP contribution in [-0.4, -0.2) is 15.1 Å². The summed E-state index contributed by atoms with van der Waals surface area (Å²) in [6.07, 6.45) is 1.80. The van der Waals surface area contributed by atoms with Crippen LogP contribution >= 0.6 is 8.69 Å². The number of allylic oxidation sites excluding steroid dienone is 2. The summed E-state index contributed by atoms with van der Waals surface area (Å²) in [4.78, 5) is 6.99. The molecule has 78 valence electrons. The summed E-state index contributed by atoms with van der Waals surface area (Å²) in [5.41, 5.74) is 0. The molecule has 0 rings (SSSR count). The second-order valence-corrected chi connectivity index (χ2v) is 2.23. The van der Waals surface area contributed by atoms with E-state index in [2.05, 4.69) is 13.2 Å². The van der Waals surface area contributed by atoms with Gasteiger partial charge in [-0.15, -0.1) is 0 Å². The Morgan fingerprint density at radius 2 is 1.38 bits per heavy atom. The molecule has 0 saturated heterocycles. The van der Waals surface area contributed by atoms with Crippen molar-refractivity contribution in [2.75, 3.05) is 0 Å². The molecule has 13 heavy (non-hydrogen) atoms. The third-order valence-electron chi connectivity index (χ3n) is 0.931. The molecular weight excluding hydrogens is 193 g/mol. The fourth-order valence-corrected chi connectivity index (χ4v) is 0.497. The maximum Gasteiger partial charge on any atom is 0.324 e. The predicted molar refractivity (Wildman–Crippen MR) is 52.2 cm³/mol. The molecule has 0 aliphatic rings. The molecule has 6 N–H and O–H groups in total. The van der Waals surface area contributed by atoms with Crippen molar-refractivity contribution in [3.05, 3.63) is 24.7 Å². The van der Waals surface area contributed by atoms with Crippen LogP contribution in [0.1, 0.15) is 19.3 Å². The maximum atomic E-state index is 8.56. The largest absolute Gasteiger partial charge is 0.513 e. The van der Waals surface area contributed by atoms with Gasteiger partial charge in [0.1, 0.15) is 0 Å². The molecule has 0 fully saturated rings. The molecule has 0 aliphatic heterocycles. The number of aliphatic hydroxyl groups is 2. The Hall–Kier alpha value is -0.900. The summed E-state index contributed by atoms with van der Waals surface area (Å²) in [6.45, 7) is 6.59. The zero-order valence-corrected chi connectivity index (χ0v) is 8.33. The maximum absolute atomic E-state index is 8.56. The summed E-state index contributed by atoms with van der Waals surface area (Å²) >= 11 is 0. The van der Waals surface area contributed by atoms with E-state index >= 15 is 0 Å². The van der Waals surface area contributed by atoms with Crippen molar-refractivity contribution >= 4 is 8.69 Å². The quantitative estimate of drug-likeness (QED) is 0.420. The van der Waals surface area contributed by atoms with Crippen LogP contribution in [0.3, 0.4) is 0 Å². The van der Waals surface area contributed by atoms with E-state index in [0.717, 1.165) is 0 Å². The van der Waals surface area contributed by atoms with E-state index in [4.69, 9.17) is 19.7 Å². The van der Waals surface area contributed by atoms with Crippen molar-refractivity contribution in [2.24, 2.45) is 0 Å². The SMILES string of the molecule is C=C(O)CCCC(=C)O.N.O=PO. The Morgan fingerprint density at radius 3 is 1.54 bits per heavy atom. The van der Waals surface area contributed by atoms with E-state index in [9.17, 15) is 0 Å².